The van der Waals surface area contributed by atoms with Crippen molar-refractivity contribution in [3.63, 3.8) is 0 Å². The molecule has 5 heteroatoms. The predicted molar refractivity (Wildman–Crippen MR) is 73.3 cm³/mol. The summed E-state index contributed by atoms with van der Waals surface area (Å²) in [5.74, 6) is 0.0132. The summed E-state index contributed by atoms with van der Waals surface area (Å²) < 4.78 is 26.6. The summed E-state index contributed by atoms with van der Waals surface area (Å²) in [7, 11) is -3.55. The molecule has 0 spiro atoms. The van der Waals surface area contributed by atoms with E-state index in [0.717, 1.165) is 12.8 Å². The number of carbonyl (C=O) groups excluding carboxylic acids is 1. The lowest BCUT2D eigenvalue weighted by Crippen LogP contribution is -2.47. The topological polar surface area (TPSA) is 54.5 Å². The molecule has 1 aliphatic heterocycles. The van der Waals surface area contributed by atoms with E-state index >= 15 is 0 Å². The fraction of sp³-hybridized carbons (Fsp3) is 0.500. The number of hydrogen-bond acceptors (Lipinski definition) is 3. The third kappa shape index (κ3) is 2.87. The Bertz CT molecular complexity index is 539. The van der Waals surface area contributed by atoms with Gasteiger partial charge in [0.05, 0.1) is 10.9 Å². The molecule has 2 rings (SSSR count). The minimum absolute atomic E-state index is 0.0132. The number of rotatable bonds is 4. The molecular formula is C14H19NO3S. The highest BCUT2D eigenvalue weighted by Gasteiger charge is 2.36. The minimum Gasteiger partial charge on any atom is -0.298 e. The van der Waals surface area contributed by atoms with Gasteiger partial charge in [-0.1, -0.05) is 31.5 Å². The van der Waals surface area contributed by atoms with E-state index in [1.165, 1.54) is 4.31 Å². The van der Waals surface area contributed by atoms with Crippen molar-refractivity contribution in [3.8, 4) is 0 Å². The van der Waals surface area contributed by atoms with E-state index in [2.05, 4.69) is 0 Å². The molecule has 19 heavy (non-hydrogen) atoms. The van der Waals surface area contributed by atoms with Crippen LogP contribution in [0, 0.1) is 0 Å². The van der Waals surface area contributed by atoms with Crippen molar-refractivity contribution < 1.29 is 13.2 Å². The average molecular weight is 281 g/mol. The van der Waals surface area contributed by atoms with Crippen LogP contribution in [0.25, 0.3) is 0 Å². The van der Waals surface area contributed by atoms with E-state index in [4.69, 9.17) is 0 Å². The lowest BCUT2D eigenvalue weighted by molar-refractivity contribution is -0.123. The van der Waals surface area contributed by atoms with Crippen molar-refractivity contribution in [1.82, 2.24) is 4.31 Å². The first-order valence-corrected chi connectivity index (χ1v) is 8.11. The van der Waals surface area contributed by atoms with E-state index in [0.29, 0.717) is 19.4 Å². The Hall–Kier alpha value is -1.20. The smallest absolute Gasteiger partial charge is 0.243 e. The second-order valence-corrected chi connectivity index (χ2v) is 6.65. The zero-order chi connectivity index (χ0) is 13.9. The monoisotopic (exact) mass is 281 g/mol. The van der Waals surface area contributed by atoms with E-state index in [9.17, 15) is 13.2 Å². The van der Waals surface area contributed by atoms with Gasteiger partial charge in [-0.15, -0.1) is 0 Å². The molecule has 0 aromatic heterocycles. The fourth-order valence-electron chi connectivity index (χ4n) is 2.48. The van der Waals surface area contributed by atoms with E-state index in [1.54, 1.807) is 37.3 Å². The van der Waals surface area contributed by atoms with Gasteiger partial charge in [0.25, 0.3) is 0 Å². The molecule has 0 N–H and O–H groups in total. The molecule has 104 valence electrons. The van der Waals surface area contributed by atoms with Crippen LogP contribution in [0.1, 0.15) is 32.6 Å². The Morgan fingerprint density at radius 1 is 1.26 bits per heavy atom. The van der Waals surface area contributed by atoms with Crippen molar-refractivity contribution in [2.24, 2.45) is 0 Å². The first-order chi connectivity index (χ1) is 9.07. The van der Waals surface area contributed by atoms with Gasteiger partial charge >= 0.3 is 0 Å². The van der Waals surface area contributed by atoms with Gasteiger partial charge in [0, 0.05) is 13.0 Å². The van der Waals surface area contributed by atoms with Crippen LogP contribution in [0.5, 0.6) is 0 Å². The van der Waals surface area contributed by atoms with Gasteiger partial charge in [0.15, 0.2) is 5.78 Å². The number of hydrogen-bond donors (Lipinski definition) is 0. The molecule has 1 aromatic rings. The molecule has 1 heterocycles. The van der Waals surface area contributed by atoms with Crippen LogP contribution >= 0.6 is 0 Å². The SMILES string of the molecule is CCC(=O)C1CCCCN1S(=O)(=O)c1ccccc1. The highest BCUT2D eigenvalue weighted by molar-refractivity contribution is 7.89. The maximum Gasteiger partial charge on any atom is 0.243 e. The second kappa shape index (κ2) is 5.84. The number of carbonyl (C=O) groups is 1. The van der Waals surface area contributed by atoms with Gasteiger partial charge in [-0.3, -0.25) is 4.79 Å². The van der Waals surface area contributed by atoms with Gasteiger partial charge in [0.2, 0.25) is 10.0 Å². The molecule has 0 radical (unpaired) electrons. The molecule has 0 aliphatic carbocycles. The van der Waals surface area contributed by atoms with Crippen LogP contribution in [-0.2, 0) is 14.8 Å². The summed E-state index contributed by atoms with van der Waals surface area (Å²) in [6.07, 6.45) is 2.75. The molecule has 0 bridgehead atoms. The number of sulfonamides is 1. The summed E-state index contributed by atoms with van der Waals surface area (Å²) >= 11 is 0. The van der Waals surface area contributed by atoms with Gasteiger partial charge in [-0.25, -0.2) is 8.42 Å². The van der Waals surface area contributed by atoms with Crippen LogP contribution in [0.4, 0.5) is 0 Å². The van der Waals surface area contributed by atoms with E-state index < -0.39 is 16.1 Å². The number of ketones is 1. The lowest BCUT2D eigenvalue weighted by atomic mass is 10.00. The first kappa shape index (κ1) is 14.2. The Kier molecular flexibility index (Phi) is 4.37. The standard InChI is InChI=1S/C14H19NO3S/c1-2-14(16)13-10-6-7-11-15(13)19(17,18)12-8-4-3-5-9-12/h3-5,8-9,13H,2,6-7,10-11H2,1H3. The third-order valence-corrected chi connectivity index (χ3v) is 5.45. The summed E-state index contributed by atoms with van der Waals surface area (Å²) in [6.45, 7) is 2.22. The Balaban J connectivity index is 2.35. The van der Waals surface area contributed by atoms with Crippen LogP contribution in [0.3, 0.4) is 0 Å². The molecule has 1 aromatic carbocycles. The van der Waals surface area contributed by atoms with E-state index in [1.807, 2.05) is 0 Å². The molecule has 0 saturated carbocycles. The highest BCUT2D eigenvalue weighted by Crippen LogP contribution is 2.26. The second-order valence-electron chi connectivity index (χ2n) is 4.76. The Labute approximate surface area is 114 Å². The van der Waals surface area contributed by atoms with Gasteiger partial charge < -0.3 is 0 Å². The van der Waals surface area contributed by atoms with Crippen molar-refractivity contribution in [1.29, 1.82) is 0 Å². The quantitative estimate of drug-likeness (QED) is 0.850. The van der Waals surface area contributed by atoms with Gasteiger partial charge in [0.1, 0.15) is 0 Å². The normalized spacial score (nSPS) is 21.2. The largest absolute Gasteiger partial charge is 0.298 e. The minimum atomic E-state index is -3.55. The van der Waals surface area contributed by atoms with Crippen molar-refractivity contribution in [3.05, 3.63) is 30.3 Å². The number of benzene rings is 1. The maximum absolute atomic E-state index is 12.6. The summed E-state index contributed by atoms with van der Waals surface area (Å²) in [5.41, 5.74) is 0. The first-order valence-electron chi connectivity index (χ1n) is 6.67. The molecule has 0 amide bonds. The molecule has 1 fully saturated rings. The van der Waals surface area contributed by atoms with Gasteiger partial charge in [-0.05, 0) is 25.0 Å². The van der Waals surface area contributed by atoms with E-state index in [-0.39, 0.29) is 10.7 Å². The third-order valence-electron chi connectivity index (χ3n) is 3.52. The lowest BCUT2D eigenvalue weighted by Gasteiger charge is -2.33. The highest BCUT2D eigenvalue weighted by atomic mass is 32.2. The van der Waals surface area contributed by atoms with Crippen molar-refractivity contribution in [2.45, 2.75) is 43.5 Å². The number of Topliss-reactive ketones (excluding diaryl/α,β-unsaturated/α-hetero) is 1. The predicted octanol–water partition coefficient (Wildman–Crippen LogP) is 2.21. The molecule has 1 unspecified atom stereocenters. The molecule has 1 aliphatic rings. The molecule has 1 saturated heterocycles. The van der Waals surface area contributed by atoms with Crippen LogP contribution in [0.15, 0.2) is 35.2 Å². The molecule has 1 atom stereocenters. The van der Waals surface area contributed by atoms with Crippen LogP contribution in [-0.4, -0.2) is 31.1 Å². The summed E-state index contributed by atoms with van der Waals surface area (Å²) in [6, 6.07) is 7.86. The van der Waals surface area contributed by atoms with Crippen molar-refractivity contribution >= 4 is 15.8 Å². The molecular weight excluding hydrogens is 262 g/mol. The maximum atomic E-state index is 12.6. The van der Waals surface area contributed by atoms with Gasteiger partial charge in [-0.2, -0.15) is 4.31 Å². The number of piperidine rings is 1. The Morgan fingerprint density at radius 3 is 2.58 bits per heavy atom. The summed E-state index contributed by atoms with van der Waals surface area (Å²) in [4.78, 5) is 12.2. The van der Waals surface area contributed by atoms with Crippen LogP contribution < -0.4 is 0 Å². The average Bonchev–Trinajstić information content (AvgIpc) is 2.47. The zero-order valence-electron chi connectivity index (χ0n) is 11.1. The number of nitrogens with zero attached hydrogens (tertiary/aromatic N) is 1. The summed E-state index contributed by atoms with van der Waals surface area (Å²) in [5, 5.41) is 0. The van der Waals surface area contributed by atoms with Crippen LogP contribution in [0.2, 0.25) is 0 Å². The fourth-order valence-corrected chi connectivity index (χ4v) is 4.18. The Morgan fingerprint density at radius 2 is 1.95 bits per heavy atom. The zero-order valence-corrected chi connectivity index (χ0v) is 11.9. The van der Waals surface area contributed by atoms with Crippen molar-refractivity contribution in [2.75, 3.05) is 6.54 Å². The molecule has 4 nitrogen and oxygen atoms in total.